The molecule has 0 aliphatic carbocycles. The van der Waals surface area contributed by atoms with Crippen molar-refractivity contribution >= 4 is 17.2 Å². The number of anilines is 3. The molecule has 29 heavy (non-hydrogen) atoms. The molecule has 152 valence electrons. The Kier molecular flexibility index (Phi) is 6.16. The molecule has 0 unspecified atom stereocenters. The summed E-state index contributed by atoms with van der Waals surface area (Å²) >= 11 is 0. The summed E-state index contributed by atoms with van der Waals surface area (Å²) in [5.74, 6) is 1.56. The summed E-state index contributed by atoms with van der Waals surface area (Å²) in [7, 11) is 6.00. The highest BCUT2D eigenvalue weighted by Crippen LogP contribution is 2.32. The highest BCUT2D eigenvalue weighted by atomic mass is 15.3. The van der Waals surface area contributed by atoms with E-state index in [-0.39, 0.29) is 0 Å². The minimum Gasteiger partial charge on any atom is -0.372 e. The lowest BCUT2D eigenvalue weighted by Gasteiger charge is -2.28. The average Bonchev–Trinajstić information content (AvgIpc) is 3.06. The van der Waals surface area contributed by atoms with Crippen LogP contribution >= 0.6 is 0 Å². The van der Waals surface area contributed by atoms with Crippen LogP contribution in [0.3, 0.4) is 0 Å². The maximum absolute atomic E-state index is 5.00. The number of pyridine rings is 2. The van der Waals surface area contributed by atoms with Gasteiger partial charge in [-0.15, -0.1) is 0 Å². The molecule has 3 rings (SSSR count). The quantitative estimate of drug-likeness (QED) is 0.625. The average molecular weight is 392 g/mol. The monoisotopic (exact) mass is 391 g/mol. The largest absolute Gasteiger partial charge is 0.372 e. The summed E-state index contributed by atoms with van der Waals surface area (Å²) in [5.41, 5.74) is 4.92. The number of hydrogen-bond acceptors (Lipinski definition) is 6. The second-order valence-corrected chi connectivity index (χ2v) is 7.10. The summed E-state index contributed by atoms with van der Waals surface area (Å²) in [6.45, 7) is 9.37. The van der Waals surface area contributed by atoms with Crippen LogP contribution in [0.1, 0.15) is 19.0 Å². The molecule has 0 aliphatic rings. The van der Waals surface area contributed by atoms with Crippen molar-refractivity contribution in [3.05, 3.63) is 60.9 Å². The molecule has 0 bridgehead atoms. The predicted octanol–water partition coefficient (Wildman–Crippen LogP) is 4.05. The topological polar surface area (TPSA) is 62.1 Å². The van der Waals surface area contributed by atoms with Crippen molar-refractivity contribution in [2.24, 2.45) is 7.05 Å². The summed E-state index contributed by atoms with van der Waals surface area (Å²) in [6.07, 6.45) is 6.43. The van der Waals surface area contributed by atoms with E-state index in [0.29, 0.717) is 0 Å². The molecule has 1 N–H and O–H groups in total. The van der Waals surface area contributed by atoms with Crippen LogP contribution in [0, 0.1) is 6.92 Å². The van der Waals surface area contributed by atoms with Crippen molar-refractivity contribution < 1.29 is 0 Å². The first kappa shape index (κ1) is 20.4. The van der Waals surface area contributed by atoms with Gasteiger partial charge in [0.15, 0.2) is 5.82 Å². The molecule has 0 spiro atoms. The van der Waals surface area contributed by atoms with Gasteiger partial charge in [0.1, 0.15) is 5.82 Å². The molecule has 0 atom stereocenters. The summed E-state index contributed by atoms with van der Waals surface area (Å²) in [4.78, 5) is 13.3. The molecule has 3 heterocycles. The van der Waals surface area contributed by atoms with E-state index >= 15 is 0 Å². The van der Waals surface area contributed by atoms with E-state index < -0.39 is 0 Å². The normalized spacial score (nSPS) is 10.7. The highest BCUT2D eigenvalue weighted by Gasteiger charge is 2.18. The van der Waals surface area contributed by atoms with Crippen LogP contribution in [0.5, 0.6) is 0 Å². The van der Waals surface area contributed by atoms with Gasteiger partial charge in [0.2, 0.25) is 0 Å². The molecule has 7 heteroatoms. The zero-order valence-corrected chi connectivity index (χ0v) is 17.8. The van der Waals surface area contributed by atoms with Crippen LogP contribution in [-0.4, -0.2) is 40.4 Å². The third-order valence-electron chi connectivity index (χ3n) is 5.01. The molecule has 0 saturated heterocycles. The van der Waals surface area contributed by atoms with Gasteiger partial charge in [0.25, 0.3) is 0 Å². The number of aryl methyl sites for hydroxylation is 1. The summed E-state index contributed by atoms with van der Waals surface area (Å²) < 4.78 is 1.86. The van der Waals surface area contributed by atoms with Crippen LogP contribution in [0.15, 0.2) is 55.3 Å². The molecule has 3 aromatic heterocycles. The van der Waals surface area contributed by atoms with Crippen LogP contribution in [0.25, 0.3) is 11.3 Å². The maximum Gasteiger partial charge on any atom is 0.158 e. The first-order chi connectivity index (χ1) is 13.9. The number of nitrogens with zero attached hydrogens (tertiary/aromatic N) is 6. The standard InChI is InChI=1S/C22H29N7/c1-7-13-27(4)21-11-10-20(19-15-24-29(6)16(19)2)26-22(21)28(5)17(3)25-18-9-8-12-23-14-18/h8-12,14-15,25H,3,7,13H2,1-2,4-6H3. The van der Waals surface area contributed by atoms with Crippen LogP contribution in [0.2, 0.25) is 0 Å². The van der Waals surface area contributed by atoms with E-state index in [4.69, 9.17) is 4.98 Å². The molecule has 0 fully saturated rings. The van der Waals surface area contributed by atoms with E-state index in [1.807, 2.05) is 48.9 Å². The lowest BCUT2D eigenvalue weighted by Crippen LogP contribution is -2.27. The molecule has 3 aromatic rings. The first-order valence-corrected chi connectivity index (χ1v) is 9.73. The number of aromatic nitrogens is 4. The Labute approximate surface area is 172 Å². The molecule has 0 amide bonds. The minimum absolute atomic E-state index is 0.719. The Balaban J connectivity index is 1.99. The van der Waals surface area contributed by atoms with Gasteiger partial charge in [-0.2, -0.15) is 5.10 Å². The Bertz CT molecular complexity index is 978. The van der Waals surface area contributed by atoms with Gasteiger partial charge < -0.3 is 15.1 Å². The van der Waals surface area contributed by atoms with Gasteiger partial charge in [-0.25, -0.2) is 4.98 Å². The lowest BCUT2D eigenvalue weighted by atomic mass is 10.1. The highest BCUT2D eigenvalue weighted by molar-refractivity contribution is 5.75. The Morgan fingerprint density at radius 3 is 2.62 bits per heavy atom. The second kappa shape index (κ2) is 8.77. The van der Waals surface area contributed by atoms with Gasteiger partial charge >= 0.3 is 0 Å². The molecule has 0 aliphatic heterocycles. The fraction of sp³-hybridized carbons (Fsp3) is 0.318. The van der Waals surface area contributed by atoms with Crippen molar-refractivity contribution in [3.63, 3.8) is 0 Å². The Hall–Kier alpha value is -3.35. The molecular weight excluding hydrogens is 362 g/mol. The molecular formula is C22H29N7. The van der Waals surface area contributed by atoms with Gasteiger partial charge in [-0.3, -0.25) is 9.67 Å². The first-order valence-electron chi connectivity index (χ1n) is 9.73. The summed E-state index contributed by atoms with van der Waals surface area (Å²) in [6, 6.07) is 8.02. The molecule has 7 nitrogen and oxygen atoms in total. The molecule has 0 radical (unpaired) electrons. The SMILES string of the molecule is C=C(Nc1cccnc1)N(C)c1nc(-c2cnn(C)c2C)ccc1N(C)CCC. The van der Waals surface area contributed by atoms with Gasteiger partial charge in [-0.1, -0.05) is 13.5 Å². The summed E-state index contributed by atoms with van der Waals surface area (Å²) in [5, 5.41) is 7.67. The van der Waals surface area contributed by atoms with Crippen molar-refractivity contribution in [2.75, 3.05) is 35.8 Å². The van der Waals surface area contributed by atoms with Gasteiger partial charge in [0, 0.05) is 45.1 Å². The van der Waals surface area contributed by atoms with E-state index in [2.05, 4.69) is 53.0 Å². The molecule has 0 saturated carbocycles. The Morgan fingerprint density at radius 1 is 1.21 bits per heavy atom. The van der Waals surface area contributed by atoms with E-state index in [9.17, 15) is 0 Å². The third kappa shape index (κ3) is 4.39. The fourth-order valence-electron chi connectivity index (χ4n) is 3.16. The number of hydrogen-bond donors (Lipinski definition) is 1. The number of rotatable bonds is 8. The fourth-order valence-corrected chi connectivity index (χ4v) is 3.16. The van der Waals surface area contributed by atoms with Crippen molar-refractivity contribution in [2.45, 2.75) is 20.3 Å². The van der Waals surface area contributed by atoms with Gasteiger partial charge in [-0.05, 0) is 37.6 Å². The van der Waals surface area contributed by atoms with E-state index in [0.717, 1.165) is 52.9 Å². The van der Waals surface area contributed by atoms with Gasteiger partial charge in [0.05, 0.1) is 29.5 Å². The second-order valence-electron chi connectivity index (χ2n) is 7.10. The number of nitrogens with one attached hydrogen (secondary N) is 1. The predicted molar refractivity (Wildman–Crippen MR) is 120 cm³/mol. The Morgan fingerprint density at radius 2 is 2.00 bits per heavy atom. The van der Waals surface area contributed by atoms with Crippen molar-refractivity contribution in [1.82, 2.24) is 19.7 Å². The molecule has 0 aromatic carbocycles. The van der Waals surface area contributed by atoms with Crippen molar-refractivity contribution in [1.29, 1.82) is 0 Å². The maximum atomic E-state index is 5.00. The van der Waals surface area contributed by atoms with Crippen LogP contribution < -0.4 is 15.1 Å². The minimum atomic E-state index is 0.719. The lowest BCUT2D eigenvalue weighted by molar-refractivity contribution is 0.740. The smallest absolute Gasteiger partial charge is 0.158 e. The van der Waals surface area contributed by atoms with E-state index in [1.165, 1.54) is 0 Å². The zero-order valence-electron chi connectivity index (χ0n) is 17.8. The van der Waals surface area contributed by atoms with E-state index in [1.54, 1.807) is 12.4 Å². The van der Waals surface area contributed by atoms with Crippen LogP contribution in [-0.2, 0) is 7.05 Å². The third-order valence-corrected chi connectivity index (χ3v) is 5.01. The van der Waals surface area contributed by atoms with Crippen LogP contribution in [0.4, 0.5) is 17.2 Å². The van der Waals surface area contributed by atoms with Crippen molar-refractivity contribution in [3.8, 4) is 11.3 Å². The zero-order chi connectivity index (χ0) is 21.0.